The highest BCUT2D eigenvalue weighted by Crippen LogP contribution is 2.08. The Balaban J connectivity index is 1.59. The Morgan fingerprint density at radius 3 is 1.59 bits per heavy atom. The number of hydrogen-bond acceptors (Lipinski definition) is 6. The van der Waals surface area contributed by atoms with Gasteiger partial charge in [-0.05, 0) is 50.3 Å². The van der Waals surface area contributed by atoms with Crippen LogP contribution in [0.3, 0.4) is 0 Å². The summed E-state index contributed by atoms with van der Waals surface area (Å²) in [6.45, 7) is 2.05. The van der Waals surface area contributed by atoms with Crippen LogP contribution >= 0.6 is 0 Å². The van der Waals surface area contributed by atoms with Crippen LogP contribution in [0.25, 0.3) is 0 Å². The Labute approximate surface area is 202 Å². The van der Waals surface area contributed by atoms with Crippen molar-refractivity contribution in [3.8, 4) is 0 Å². The maximum absolute atomic E-state index is 12.4. The van der Waals surface area contributed by atoms with Gasteiger partial charge in [0.25, 0.3) is 0 Å². The van der Waals surface area contributed by atoms with Crippen molar-refractivity contribution in [2.75, 3.05) is 20.3 Å². The first-order chi connectivity index (χ1) is 16.5. The molecule has 0 aromatic heterocycles. The molecular formula is C27H36N2O5. The third-order valence-electron chi connectivity index (χ3n) is 5.39. The van der Waals surface area contributed by atoms with Crippen LogP contribution in [0.15, 0.2) is 60.7 Å². The number of unbranched alkanes of at least 4 members (excludes halogenated alkanes) is 3. The minimum Gasteiger partial charge on any atom is -0.465 e. The lowest BCUT2D eigenvalue weighted by molar-refractivity contribution is -0.148. The van der Waals surface area contributed by atoms with Crippen LogP contribution in [-0.4, -0.2) is 50.2 Å². The molecule has 0 aliphatic carbocycles. The van der Waals surface area contributed by atoms with Gasteiger partial charge in [0.15, 0.2) is 0 Å². The van der Waals surface area contributed by atoms with Gasteiger partial charge in [-0.3, -0.25) is 9.59 Å². The van der Waals surface area contributed by atoms with Crippen LogP contribution in [-0.2, 0) is 36.7 Å². The second kappa shape index (κ2) is 15.6. The second-order valence-electron chi connectivity index (χ2n) is 8.22. The van der Waals surface area contributed by atoms with E-state index in [0.29, 0.717) is 32.5 Å². The third kappa shape index (κ3) is 10.6. The van der Waals surface area contributed by atoms with E-state index in [9.17, 15) is 14.4 Å². The largest absolute Gasteiger partial charge is 0.465 e. The number of rotatable bonds is 15. The van der Waals surface area contributed by atoms with Gasteiger partial charge < -0.3 is 20.1 Å². The lowest BCUT2D eigenvalue weighted by Crippen LogP contribution is -2.42. The van der Waals surface area contributed by atoms with Crippen molar-refractivity contribution in [2.45, 2.75) is 57.5 Å². The molecule has 2 aromatic carbocycles. The first-order valence-corrected chi connectivity index (χ1v) is 11.8. The zero-order valence-corrected chi connectivity index (χ0v) is 20.1. The minimum atomic E-state index is -0.699. The Hall–Kier alpha value is -3.19. The lowest BCUT2D eigenvalue weighted by Gasteiger charge is -2.17. The summed E-state index contributed by atoms with van der Waals surface area (Å²) in [5.74, 6) is -0.941. The molecule has 34 heavy (non-hydrogen) atoms. The number of carbonyl (C=O) groups is 3. The third-order valence-corrected chi connectivity index (χ3v) is 5.39. The number of amides is 1. The van der Waals surface area contributed by atoms with Crippen LogP contribution < -0.4 is 10.6 Å². The molecule has 2 N–H and O–H groups in total. The highest BCUT2D eigenvalue weighted by atomic mass is 16.5. The van der Waals surface area contributed by atoms with Crippen molar-refractivity contribution in [1.82, 2.24) is 10.6 Å². The zero-order valence-electron chi connectivity index (χ0n) is 20.1. The van der Waals surface area contributed by atoms with Crippen molar-refractivity contribution in [2.24, 2.45) is 0 Å². The van der Waals surface area contributed by atoms with Crippen LogP contribution in [0, 0.1) is 0 Å². The quantitative estimate of drug-likeness (QED) is 0.308. The molecule has 1 amide bonds. The number of ether oxygens (including phenoxy) is 2. The molecule has 2 atom stereocenters. The van der Waals surface area contributed by atoms with Crippen molar-refractivity contribution in [3.63, 3.8) is 0 Å². The van der Waals surface area contributed by atoms with Crippen molar-refractivity contribution in [1.29, 1.82) is 0 Å². The van der Waals surface area contributed by atoms with E-state index in [1.54, 1.807) is 7.05 Å². The molecule has 0 aliphatic rings. The highest BCUT2D eigenvalue weighted by molar-refractivity contribution is 5.83. The van der Waals surface area contributed by atoms with Gasteiger partial charge in [-0.15, -0.1) is 0 Å². The Morgan fingerprint density at radius 2 is 1.15 bits per heavy atom. The molecule has 7 heteroatoms. The number of nitrogens with one attached hydrogen (secondary N) is 2. The SMILES string of the molecule is CNC(Cc1ccccc1)C(=O)OCCCCCCOC(=O)C(Cc1ccccc1)NC(C)=O. The zero-order chi connectivity index (χ0) is 24.6. The lowest BCUT2D eigenvalue weighted by atomic mass is 10.1. The predicted octanol–water partition coefficient (Wildman–Crippen LogP) is 3.21. The molecule has 0 aliphatic heterocycles. The molecule has 0 heterocycles. The molecule has 2 aromatic rings. The number of esters is 2. The highest BCUT2D eigenvalue weighted by Gasteiger charge is 2.21. The number of hydrogen-bond donors (Lipinski definition) is 2. The standard InChI is InChI=1S/C27H36N2O5/c1-21(30)29-25(20-23-15-9-6-10-16-23)27(32)34-18-12-4-3-11-17-33-26(31)24(28-2)19-22-13-7-5-8-14-22/h5-10,13-16,24-25,28H,3-4,11-12,17-20H2,1-2H3,(H,29,30). The summed E-state index contributed by atoms with van der Waals surface area (Å²) in [6, 6.07) is 18.3. The molecule has 0 saturated carbocycles. The normalized spacial score (nSPS) is 12.4. The average molecular weight is 469 g/mol. The van der Waals surface area contributed by atoms with Gasteiger partial charge in [-0.2, -0.15) is 0 Å². The van der Waals surface area contributed by atoms with E-state index in [2.05, 4.69) is 10.6 Å². The summed E-state index contributed by atoms with van der Waals surface area (Å²) in [7, 11) is 1.76. The number of carbonyl (C=O) groups excluding carboxylic acids is 3. The van der Waals surface area contributed by atoms with E-state index >= 15 is 0 Å². The Kier molecular flexibility index (Phi) is 12.4. The van der Waals surface area contributed by atoms with Gasteiger partial charge in [0.05, 0.1) is 13.2 Å². The summed E-state index contributed by atoms with van der Waals surface area (Å²) < 4.78 is 10.8. The van der Waals surface area contributed by atoms with Crippen LogP contribution in [0.5, 0.6) is 0 Å². The Bertz CT molecular complexity index is 873. The van der Waals surface area contributed by atoms with Gasteiger partial charge in [-0.1, -0.05) is 60.7 Å². The van der Waals surface area contributed by atoms with Gasteiger partial charge in [0.2, 0.25) is 5.91 Å². The number of benzene rings is 2. The molecular weight excluding hydrogens is 432 g/mol. The maximum atomic E-state index is 12.4. The summed E-state index contributed by atoms with van der Waals surface area (Å²) in [5.41, 5.74) is 2.04. The molecule has 184 valence electrons. The van der Waals surface area contributed by atoms with Crippen molar-refractivity contribution >= 4 is 17.8 Å². The fraction of sp³-hybridized carbons (Fsp3) is 0.444. The second-order valence-corrected chi connectivity index (χ2v) is 8.22. The van der Waals surface area contributed by atoms with Gasteiger partial charge >= 0.3 is 11.9 Å². The molecule has 0 radical (unpaired) electrons. The Morgan fingerprint density at radius 1 is 0.706 bits per heavy atom. The smallest absolute Gasteiger partial charge is 0.328 e. The summed E-state index contributed by atoms with van der Waals surface area (Å²) in [4.78, 5) is 36.2. The van der Waals surface area contributed by atoms with Crippen molar-refractivity contribution < 1.29 is 23.9 Å². The predicted molar refractivity (Wildman–Crippen MR) is 131 cm³/mol. The van der Waals surface area contributed by atoms with E-state index in [-0.39, 0.29) is 17.9 Å². The van der Waals surface area contributed by atoms with Crippen LogP contribution in [0.1, 0.15) is 43.7 Å². The number of likely N-dealkylation sites (N-methyl/N-ethyl adjacent to an activating group) is 1. The topological polar surface area (TPSA) is 93.7 Å². The summed E-state index contributed by atoms with van der Waals surface area (Å²) in [5, 5.41) is 5.69. The summed E-state index contributed by atoms with van der Waals surface area (Å²) in [6.07, 6.45) is 4.17. The van der Waals surface area contributed by atoms with Gasteiger partial charge in [0.1, 0.15) is 12.1 Å². The molecule has 0 saturated heterocycles. The monoisotopic (exact) mass is 468 g/mol. The molecule has 2 rings (SSSR count). The maximum Gasteiger partial charge on any atom is 0.328 e. The molecule has 7 nitrogen and oxygen atoms in total. The van der Waals surface area contributed by atoms with E-state index in [1.165, 1.54) is 6.92 Å². The molecule has 2 unspecified atom stereocenters. The van der Waals surface area contributed by atoms with Crippen LogP contribution in [0.2, 0.25) is 0 Å². The van der Waals surface area contributed by atoms with E-state index in [1.807, 2.05) is 60.7 Å². The van der Waals surface area contributed by atoms with E-state index in [4.69, 9.17) is 9.47 Å². The molecule has 0 bridgehead atoms. The van der Waals surface area contributed by atoms with E-state index < -0.39 is 12.0 Å². The summed E-state index contributed by atoms with van der Waals surface area (Å²) >= 11 is 0. The van der Waals surface area contributed by atoms with Gasteiger partial charge in [0, 0.05) is 13.3 Å². The fourth-order valence-corrected chi connectivity index (χ4v) is 3.55. The first-order valence-electron chi connectivity index (χ1n) is 11.8. The van der Waals surface area contributed by atoms with E-state index in [0.717, 1.165) is 30.4 Å². The average Bonchev–Trinajstić information content (AvgIpc) is 2.84. The van der Waals surface area contributed by atoms with Crippen molar-refractivity contribution in [3.05, 3.63) is 71.8 Å². The minimum absolute atomic E-state index is 0.247. The van der Waals surface area contributed by atoms with Gasteiger partial charge in [-0.25, -0.2) is 4.79 Å². The van der Waals surface area contributed by atoms with Crippen LogP contribution in [0.4, 0.5) is 0 Å². The fourth-order valence-electron chi connectivity index (χ4n) is 3.55. The molecule has 0 spiro atoms. The molecule has 0 fully saturated rings. The first kappa shape index (κ1) is 27.1.